The minimum Gasteiger partial charge on any atom is -0.481 e. The van der Waals surface area contributed by atoms with Crippen molar-refractivity contribution < 1.29 is 33.9 Å². The number of carboxylic acid groups (broad SMARTS) is 1. The van der Waals surface area contributed by atoms with Crippen LogP contribution in [-0.2, 0) is 28.8 Å². The summed E-state index contributed by atoms with van der Waals surface area (Å²) in [5, 5.41) is 23.6. The number of aliphatic imine (C=N–C) groups is 1. The largest absolute Gasteiger partial charge is 0.481 e. The molecule has 3 unspecified atom stereocenters. The summed E-state index contributed by atoms with van der Waals surface area (Å²) in [5.74, 6) is -5.32. The van der Waals surface area contributed by atoms with Crippen molar-refractivity contribution >= 4 is 52.2 Å². The molecule has 1 aliphatic heterocycles. The molecule has 16 heteroatoms. The van der Waals surface area contributed by atoms with Gasteiger partial charge in [-0.2, -0.15) is 0 Å². The van der Waals surface area contributed by atoms with E-state index in [1.807, 2.05) is 0 Å². The second-order valence-corrected chi connectivity index (χ2v) is 10.9. The minimum atomic E-state index is -1.49. The number of carbonyl (C=O) groups excluding carboxylic acids is 5. The molecule has 0 spiro atoms. The van der Waals surface area contributed by atoms with Crippen molar-refractivity contribution in [3.05, 3.63) is 48.0 Å². The second kappa shape index (κ2) is 20.0. The van der Waals surface area contributed by atoms with Crippen LogP contribution in [0.3, 0.4) is 0 Å². The predicted octanol–water partition coefficient (Wildman–Crippen LogP) is -1.51. The van der Waals surface area contributed by atoms with Crippen LogP contribution in [0.25, 0.3) is 10.8 Å². The standard InChI is InChI=1S/C20H35N9O7.C11H10/c21-6-2-1-4-12-19(36)29-11(5-3-7-24-20(22)23)17(34)25-10-15(31)28-13(8-16(32)33)18(35)26-9-14(30)27-12;1-9-6-7-10-4-2-3-5-11(10)8-9/h11-13H,1-10,21H2,(H,25,34)(H,26,35)(H,27,30)(H,28,31)(H,29,36)(H,32,33)(H4,22,23,24);2-8H,1H3. The fraction of sp³-hybridized carbons (Fsp3) is 0.452. The van der Waals surface area contributed by atoms with Crippen LogP contribution in [-0.4, -0.2) is 90.9 Å². The lowest BCUT2D eigenvalue weighted by molar-refractivity contribution is -0.140. The van der Waals surface area contributed by atoms with Crippen molar-refractivity contribution in [1.82, 2.24) is 26.6 Å². The van der Waals surface area contributed by atoms with Crippen LogP contribution in [0.2, 0.25) is 0 Å². The first-order valence-corrected chi connectivity index (χ1v) is 15.3. The van der Waals surface area contributed by atoms with Gasteiger partial charge in [-0.05, 0) is 56.3 Å². The Bertz CT molecular complexity index is 1430. The molecule has 47 heavy (non-hydrogen) atoms. The second-order valence-electron chi connectivity index (χ2n) is 10.9. The zero-order valence-electron chi connectivity index (χ0n) is 26.4. The summed E-state index contributed by atoms with van der Waals surface area (Å²) in [6.07, 6.45) is 0.979. The molecular formula is C31H45N9O7. The van der Waals surface area contributed by atoms with E-state index in [1.54, 1.807) is 0 Å². The van der Waals surface area contributed by atoms with E-state index in [0.717, 1.165) is 0 Å². The number of carbonyl (C=O) groups is 6. The number of nitrogens with two attached hydrogens (primary N) is 3. The van der Waals surface area contributed by atoms with E-state index in [0.29, 0.717) is 25.8 Å². The number of benzene rings is 2. The maximum Gasteiger partial charge on any atom is 0.305 e. The molecule has 2 aromatic rings. The lowest BCUT2D eigenvalue weighted by atomic mass is 10.1. The van der Waals surface area contributed by atoms with E-state index < -0.39 is 73.1 Å². The third kappa shape index (κ3) is 14.6. The Hall–Kier alpha value is -5.25. The van der Waals surface area contributed by atoms with Crippen molar-refractivity contribution in [2.45, 2.75) is 63.6 Å². The number of rotatable bonds is 10. The lowest BCUT2D eigenvalue weighted by Gasteiger charge is -2.23. The van der Waals surface area contributed by atoms with Crippen molar-refractivity contribution in [2.24, 2.45) is 22.2 Å². The summed E-state index contributed by atoms with van der Waals surface area (Å²) in [6.45, 7) is 1.53. The first-order chi connectivity index (χ1) is 22.4. The number of fused-ring (bicyclic) bond motifs is 1. The van der Waals surface area contributed by atoms with Gasteiger partial charge < -0.3 is 48.9 Å². The van der Waals surface area contributed by atoms with Gasteiger partial charge in [0.1, 0.15) is 18.1 Å². The van der Waals surface area contributed by atoms with Crippen molar-refractivity contribution in [3.8, 4) is 0 Å². The number of aliphatic carboxylic acids is 1. The Kier molecular flexibility index (Phi) is 16.1. The van der Waals surface area contributed by atoms with Crippen LogP contribution in [0.5, 0.6) is 0 Å². The molecule has 1 fully saturated rings. The molecule has 2 aromatic carbocycles. The number of hydrogen-bond acceptors (Lipinski definition) is 8. The smallest absolute Gasteiger partial charge is 0.305 e. The number of hydrogen-bond donors (Lipinski definition) is 9. The molecule has 256 valence electrons. The van der Waals surface area contributed by atoms with Gasteiger partial charge in [-0.3, -0.25) is 33.8 Å². The summed E-state index contributed by atoms with van der Waals surface area (Å²) in [7, 11) is 0. The number of nitrogens with zero attached hydrogens (tertiary/aromatic N) is 1. The zero-order valence-corrected chi connectivity index (χ0v) is 26.4. The maximum absolute atomic E-state index is 13.0. The van der Waals surface area contributed by atoms with Gasteiger partial charge in [0, 0.05) is 6.54 Å². The molecule has 3 atom stereocenters. The number of nitrogens with one attached hydrogen (secondary N) is 5. The SMILES string of the molecule is Cc1ccc2ccccc2c1.NCCCCC1NC(=O)CNC(=O)C(CC(=O)O)NC(=O)CNC(=O)C(CCCN=C(N)N)NC1=O. The molecule has 0 aromatic heterocycles. The van der Waals surface area contributed by atoms with E-state index in [2.05, 4.69) is 81.0 Å². The highest BCUT2D eigenvalue weighted by molar-refractivity contribution is 5.97. The summed E-state index contributed by atoms with van der Waals surface area (Å²) in [5.41, 5.74) is 17.4. The van der Waals surface area contributed by atoms with Crippen molar-refractivity contribution in [1.29, 1.82) is 0 Å². The highest BCUT2D eigenvalue weighted by atomic mass is 16.4. The van der Waals surface area contributed by atoms with E-state index in [4.69, 9.17) is 22.3 Å². The zero-order chi connectivity index (χ0) is 34.8. The van der Waals surface area contributed by atoms with Gasteiger partial charge in [-0.25, -0.2) is 0 Å². The summed E-state index contributed by atoms with van der Waals surface area (Å²) in [6, 6.07) is 11.3. The fourth-order valence-corrected chi connectivity index (χ4v) is 4.57. The number of amides is 5. The number of carboxylic acids is 1. The topological polar surface area (TPSA) is 273 Å². The average molecular weight is 656 g/mol. The molecule has 0 aliphatic carbocycles. The molecule has 0 radical (unpaired) electrons. The van der Waals surface area contributed by atoms with Gasteiger partial charge >= 0.3 is 5.97 Å². The lowest BCUT2D eigenvalue weighted by Crippen LogP contribution is -2.55. The molecular weight excluding hydrogens is 610 g/mol. The number of guanidine groups is 1. The fourth-order valence-electron chi connectivity index (χ4n) is 4.57. The molecule has 5 amide bonds. The van der Waals surface area contributed by atoms with Crippen LogP contribution in [0, 0.1) is 6.92 Å². The molecule has 16 nitrogen and oxygen atoms in total. The maximum atomic E-state index is 13.0. The van der Waals surface area contributed by atoms with Crippen LogP contribution < -0.4 is 43.8 Å². The van der Waals surface area contributed by atoms with E-state index in [1.165, 1.54) is 16.3 Å². The van der Waals surface area contributed by atoms with E-state index >= 15 is 0 Å². The van der Waals surface area contributed by atoms with Gasteiger partial charge in [0.15, 0.2) is 5.96 Å². The molecule has 3 rings (SSSR count). The third-order valence-electron chi connectivity index (χ3n) is 6.96. The van der Waals surface area contributed by atoms with Crippen molar-refractivity contribution in [2.75, 3.05) is 26.2 Å². The van der Waals surface area contributed by atoms with Gasteiger partial charge in [-0.1, -0.05) is 48.0 Å². The van der Waals surface area contributed by atoms with Crippen molar-refractivity contribution in [3.63, 3.8) is 0 Å². The van der Waals surface area contributed by atoms with Crippen LogP contribution >= 0.6 is 0 Å². The summed E-state index contributed by atoms with van der Waals surface area (Å²) < 4.78 is 0. The van der Waals surface area contributed by atoms with E-state index in [-0.39, 0.29) is 25.3 Å². The van der Waals surface area contributed by atoms with Crippen LogP contribution in [0.1, 0.15) is 44.1 Å². The monoisotopic (exact) mass is 655 g/mol. The molecule has 1 aliphatic rings. The molecule has 12 N–H and O–H groups in total. The highest BCUT2D eigenvalue weighted by Gasteiger charge is 2.29. The molecule has 1 saturated heterocycles. The first kappa shape index (κ1) is 37.9. The first-order valence-electron chi connectivity index (χ1n) is 15.3. The normalized spacial score (nSPS) is 19.3. The predicted molar refractivity (Wildman–Crippen MR) is 176 cm³/mol. The molecule has 0 saturated carbocycles. The van der Waals surface area contributed by atoms with Gasteiger partial charge in [0.25, 0.3) is 0 Å². The van der Waals surface area contributed by atoms with Gasteiger partial charge in [0.2, 0.25) is 29.5 Å². The Labute approximate surface area is 272 Å². The Balaban J connectivity index is 0.000000577. The molecule has 1 heterocycles. The quantitative estimate of drug-likeness (QED) is 0.0811. The van der Waals surface area contributed by atoms with Crippen LogP contribution in [0.4, 0.5) is 0 Å². The third-order valence-corrected chi connectivity index (χ3v) is 6.96. The Morgan fingerprint density at radius 2 is 1.36 bits per heavy atom. The Morgan fingerprint density at radius 1 is 0.787 bits per heavy atom. The summed E-state index contributed by atoms with van der Waals surface area (Å²) in [4.78, 5) is 77.7. The van der Waals surface area contributed by atoms with Gasteiger partial charge in [0.05, 0.1) is 19.5 Å². The number of unbranched alkanes of at least 4 members (excludes halogenated alkanes) is 1. The van der Waals surface area contributed by atoms with E-state index in [9.17, 15) is 28.8 Å². The minimum absolute atomic E-state index is 0.112. The summed E-state index contributed by atoms with van der Waals surface area (Å²) >= 11 is 0. The van der Waals surface area contributed by atoms with Gasteiger partial charge in [-0.15, -0.1) is 0 Å². The average Bonchev–Trinajstić information content (AvgIpc) is 3.02. The number of aryl methyl sites for hydroxylation is 1. The van der Waals surface area contributed by atoms with Crippen LogP contribution in [0.15, 0.2) is 47.5 Å². The molecule has 0 bridgehead atoms. The highest BCUT2D eigenvalue weighted by Crippen LogP contribution is 2.14. The Morgan fingerprint density at radius 3 is 1.98 bits per heavy atom.